The molecule has 0 heterocycles. The van der Waals surface area contributed by atoms with Gasteiger partial charge in [-0.1, -0.05) is 51.1 Å². The van der Waals surface area contributed by atoms with Gasteiger partial charge in [-0.15, -0.1) is 0 Å². The van der Waals surface area contributed by atoms with Crippen molar-refractivity contribution in [3.63, 3.8) is 0 Å². The van der Waals surface area contributed by atoms with E-state index >= 15 is 0 Å². The first-order chi connectivity index (χ1) is 6.83. The summed E-state index contributed by atoms with van der Waals surface area (Å²) in [6.07, 6.45) is 1.17. The Bertz CT molecular complexity index is 206. The molecule has 0 radical (unpaired) electrons. The fraction of sp³-hybridized carbons (Fsp3) is 0.538. The maximum absolute atomic E-state index is 3.19. The van der Waals surface area contributed by atoms with Crippen molar-refractivity contribution in [3.8, 4) is 0 Å². The topological polar surface area (TPSA) is 12.0 Å². The lowest BCUT2D eigenvalue weighted by Crippen LogP contribution is -2.17. The molecule has 0 saturated carbocycles. The van der Waals surface area contributed by atoms with Crippen LogP contribution in [-0.2, 0) is 6.42 Å². The number of nitrogens with one attached hydrogen (secondary N) is 1. The van der Waals surface area contributed by atoms with E-state index in [4.69, 9.17) is 0 Å². The summed E-state index contributed by atoms with van der Waals surface area (Å²) in [6.45, 7) is 7.36. The van der Waals surface area contributed by atoms with Crippen molar-refractivity contribution >= 4 is 0 Å². The van der Waals surface area contributed by atoms with E-state index < -0.39 is 0 Å². The molecule has 1 aromatic rings. The summed E-state index contributed by atoms with van der Waals surface area (Å²) in [5.74, 6) is 0.720. The van der Waals surface area contributed by atoms with Crippen LogP contribution in [0, 0.1) is 5.92 Å². The average Bonchev–Trinajstić information content (AvgIpc) is 2.22. The quantitative estimate of drug-likeness (QED) is 0.774. The molecule has 0 saturated heterocycles. The van der Waals surface area contributed by atoms with Gasteiger partial charge in [-0.2, -0.15) is 0 Å². The van der Waals surface area contributed by atoms with Crippen LogP contribution in [0.1, 0.15) is 26.3 Å². The predicted molar refractivity (Wildman–Crippen MR) is 64.6 cm³/mol. The average molecular weight is 193 g/mol. The fourth-order valence-electron chi connectivity index (χ4n) is 1.44. The highest BCUT2D eigenvalue weighted by Gasteiger charge is 2.00. The second-order valence-corrected chi connectivity index (χ2v) is 3.35. The minimum absolute atomic E-state index is 0.720. The Kier molecular flexibility index (Phi) is 8.25. The molecular weight excluding hydrogens is 170 g/mol. The lowest BCUT2D eigenvalue weighted by Gasteiger charge is -2.09. The Hall–Kier alpha value is -0.820. The molecular formula is C13H23N. The van der Waals surface area contributed by atoms with Gasteiger partial charge in [-0.3, -0.25) is 0 Å². The van der Waals surface area contributed by atoms with Gasteiger partial charge in [-0.25, -0.2) is 0 Å². The van der Waals surface area contributed by atoms with Crippen molar-refractivity contribution in [2.75, 3.05) is 13.6 Å². The van der Waals surface area contributed by atoms with Crippen LogP contribution in [0.2, 0.25) is 0 Å². The van der Waals surface area contributed by atoms with Crippen LogP contribution >= 0.6 is 0 Å². The van der Waals surface area contributed by atoms with Crippen molar-refractivity contribution in [2.45, 2.75) is 27.2 Å². The molecule has 0 aliphatic carbocycles. The zero-order valence-corrected chi connectivity index (χ0v) is 9.88. The highest BCUT2D eigenvalue weighted by molar-refractivity contribution is 5.15. The molecule has 1 rings (SSSR count). The Morgan fingerprint density at radius 1 is 1.14 bits per heavy atom. The molecule has 1 unspecified atom stereocenters. The zero-order valence-electron chi connectivity index (χ0n) is 9.88. The van der Waals surface area contributed by atoms with Crippen LogP contribution in [0.4, 0.5) is 0 Å². The minimum atomic E-state index is 0.720. The first kappa shape index (κ1) is 13.2. The first-order valence-corrected chi connectivity index (χ1v) is 5.51. The van der Waals surface area contributed by atoms with Gasteiger partial charge >= 0.3 is 0 Å². The number of hydrogen-bond acceptors (Lipinski definition) is 1. The van der Waals surface area contributed by atoms with Gasteiger partial charge in [0.1, 0.15) is 0 Å². The van der Waals surface area contributed by atoms with Crippen LogP contribution < -0.4 is 5.32 Å². The predicted octanol–water partition coefficient (Wildman–Crippen LogP) is 3.11. The van der Waals surface area contributed by atoms with Crippen molar-refractivity contribution < 1.29 is 0 Å². The summed E-state index contributed by atoms with van der Waals surface area (Å²) in [5.41, 5.74) is 1.43. The summed E-state index contributed by atoms with van der Waals surface area (Å²) in [7, 11) is 2.00. The molecule has 1 aromatic carbocycles. The van der Waals surface area contributed by atoms with Crippen LogP contribution in [0.3, 0.4) is 0 Å². The van der Waals surface area contributed by atoms with Crippen LogP contribution in [0.25, 0.3) is 0 Å². The highest BCUT2D eigenvalue weighted by atomic mass is 14.8. The molecule has 14 heavy (non-hydrogen) atoms. The molecule has 1 atom stereocenters. The van der Waals surface area contributed by atoms with Gasteiger partial charge in [0.15, 0.2) is 0 Å². The second-order valence-electron chi connectivity index (χ2n) is 3.35. The van der Waals surface area contributed by atoms with Gasteiger partial charge in [0.05, 0.1) is 0 Å². The van der Waals surface area contributed by atoms with Gasteiger partial charge in [0.2, 0.25) is 0 Å². The second kappa shape index (κ2) is 8.76. The van der Waals surface area contributed by atoms with E-state index in [1.54, 1.807) is 0 Å². The van der Waals surface area contributed by atoms with Crippen molar-refractivity contribution in [2.24, 2.45) is 5.92 Å². The van der Waals surface area contributed by atoms with Gasteiger partial charge in [-0.05, 0) is 31.5 Å². The minimum Gasteiger partial charge on any atom is -0.319 e. The molecule has 1 N–H and O–H groups in total. The van der Waals surface area contributed by atoms with E-state index in [0.29, 0.717) is 0 Å². The fourth-order valence-corrected chi connectivity index (χ4v) is 1.44. The lowest BCUT2D eigenvalue weighted by atomic mass is 10.0. The maximum Gasteiger partial charge on any atom is -0.00230 e. The maximum atomic E-state index is 3.19. The summed E-state index contributed by atoms with van der Waals surface area (Å²) in [4.78, 5) is 0. The Morgan fingerprint density at radius 3 is 2.21 bits per heavy atom. The summed E-state index contributed by atoms with van der Waals surface area (Å²) >= 11 is 0. The third-order valence-corrected chi connectivity index (χ3v) is 1.98. The van der Waals surface area contributed by atoms with Crippen molar-refractivity contribution in [1.29, 1.82) is 0 Å². The molecule has 1 heteroatoms. The molecule has 0 aliphatic rings. The highest BCUT2D eigenvalue weighted by Crippen LogP contribution is 2.06. The summed E-state index contributed by atoms with van der Waals surface area (Å²) < 4.78 is 0. The normalized spacial score (nSPS) is 11.4. The van der Waals surface area contributed by atoms with E-state index in [2.05, 4.69) is 42.6 Å². The summed E-state index contributed by atoms with van der Waals surface area (Å²) in [6, 6.07) is 10.6. The Morgan fingerprint density at radius 2 is 1.71 bits per heavy atom. The Balaban J connectivity index is 0.000000791. The molecule has 0 bridgehead atoms. The third kappa shape index (κ3) is 5.76. The van der Waals surface area contributed by atoms with E-state index in [1.165, 1.54) is 12.0 Å². The van der Waals surface area contributed by atoms with Crippen LogP contribution in [-0.4, -0.2) is 13.6 Å². The smallest absolute Gasteiger partial charge is 0.00230 e. The molecule has 0 fully saturated rings. The zero-order chi connectivity index (χ0) is 10.8. The van der Waals surface area contributed by atoms with Gasteiger partial charge in [0, 0.05) is 0 Å². The number of rotatable bonds is 4. The third-order valence-electron chi connectivity index (χ3n) is 1.98. The molecule has 80 valence electrons. The largest absolute Gasteiger partial charge is 0.319 e. The first-order valence-electron chi connectivity index (χ1n) is 5.51. The lowest BCUT2D eigenvalue weighted by molar-refractivity contribution is 0.542. The molecule has 0 amide bonds. The van der Waals surface area contributed by atoms with E-state index in [1.807, 2.05) is 20.9 Å². The molecule has 1 nitrogen and oxygen atoms in total. The number of benzene rings is 1. The van der Waals surface area contributed by atoms with E-state index in [0.717, 1.165) is 12.5 Å². The standard InChI is InChI=1S/C11H17N.C2H6/c1-10(9-12-2)8-11-6-4-3-5-7-11;1-2/h3-7,10,12H,8-9H2,1-2H3;1-2H3. The SMILES string of the molecule is CC.CNCC(C)Cc1ccccc1. The monoisotopic (exact) mass is 193 g/mol. The molecule has 0 spiro atoms. The van der Waals surface area contributed by atoms with Crippen LogP contribution in [0.15, 0.2) is 30.3 Å². The van der Waals surface area contributed by atoms with Crippen LogP contribution in [0.5, 0.6) is 0 Å². The van der Waals surface area contributed by atoms with E-state index in [9.17, 15) is 0 Å². The molecule has 0 aliphatic heterocycles. The van der Waals surface area contributed by atoms with Gasteiger partial charge < -0.3 is 5.32 Å². The summed E-state index contributed by atoms with van der Waals surface area (Å²) in [5, 5.41) is 3.19. The van der Waals surface area contributed by atoms with Crippen molar-refractivity contribution in [1.82, 2.24) is 5.32 Å². The van der Waals surface area contributed by atoms with E-state index in [-0.39, 0.29) is 0 Å². The number of hydrogen-bond donors (Lipinski definition) is 1. The van der Waals surface area contributed by atoms with Crippen molar-refractivity contribution in [3.05, 3.63) is 35.9 Å². The Labute approximate surface area is 88.5 Å². The molecule has 0 aromatic heterocycles. The van der Waals surface area contributed by atoms with Gasteiger partial charge in [0.25, 0.3) is 0 Å².